The van der Waals surface area contributed by atoms with Crippen LogP contribution in [0, 0.1) is 0 Å². The summed E-state index contributed by atoms with van der Waals surface area (Å²) >= 11 is 0. The number of ether oxygens (including phenoxy) is 2. The van der Waals surface area contributed by atoms with Crippen LogP contribution in [0.3, 0.4) is 0 Å². The first-order valence-electron chi connectivity index (χ1n) is 12.0. The molecule has 0 bridgehead atoms. The molecule has 0 saturated heterocycles. The summed E-state index contributed by atoms with van der Waals surface area (Å²) in [6, 6.07) is 0. The minimum absolute atomic E-state index is 0.0990. The lowest BCUT2D eigenvalue weighted by molar-refractivity contribution is -0.144. The van der Waals surface area contributed by atoms with E-state index in [1.54, 1.807) is 0 Å². The topological polar surface area (TPSA) is 52.6 Å². The van der Waals surface area contributed by atoms with Crippen molar-refractivity contribution in [3.8, 4) is 0 Å². The Hall–Kier alpha value is -1.06. The highest BCUT2D eigenvalue weighted by Crippen LogP contribution is 2.10. The maximum absolute atomic E-state index is 11.7. The van der Waals surface area contributed by atoms with Gasteiger partial charge in [-0.2, -0.15) is 0 Å². The lowest BCUT2D eigenvalue weighted by Crippen LogP contribution is -2.07. The van der Waals surface area contributed by atoms with Crippen molar-refractivity contribution < 1.29 is 19.1 Å². The standard InChI is InChI=1S/C24H46O4/c1-3-5-7-9-10-11-12-13-18-22-28-24(26)20-16-14-15-19-23(25)27-21-17-8-6-4-2/h3-22H2,1-2H3. The van der Waals surface area contributed by atoms with Gasteiger partial charge in [-0.15, -0.1) is 0 Å². The molecule has 0 fully saturated rings. The molecule has 166 valence electrons. The van der Waals surface area contributed by atoms with Crippen molar-refractivity contribution in [3.63, 3.8) is 0 Å². The predicted octanol–water partition coefficient (Wildman–Crippen LogP) is 7.13. The van der Waals surface area contributed by atoms with Crippen molar-refractivity contribution in [3.05, 3.63) is 0 Å². The number of carbonyl (C=O) groups is 2. The Kier molecular flexibility index (Phi) is 21.4. The van der Waals surface area contributed by atoms with Crippen LogP contribution in [0.15, 0.2) is 0 Å². The molecule has 0 aromatic rings. The highest BCUT2D eigenvalue weighted by molar-refractivity contribution is 5.69. The molecule has 28 heavy (non-hydrogen) atoms. The van der Waals surface area contributed by atoms with Crippen LogP contribution in [-0.2, 0) is 19.1 Å². The fourth-order valence-corrected chi connectivity index (χ4v) is 3.17. The van der Waals surface area contributed by atoms with Gasteiger partial charge in [0.05, 0.1) is 13.2 Å². The van der Waals surface area contributed by atoms with E-state index in [4.69, 9.17) is 9.47 Å². The number of hydrogen-bond donors (Lipinski definition) is 0. The van der Waals surface area contributed by atoms with Crippen LogP contribution < -0.4 is 0 Å². The number of esters is 2. The molecule has 0 atom stereocenters. The quantitative estimate of drug-likeness (QED) is 0.152. The van der Waals surface area contributed by atoms with Crippen LogP contribution in [0.2, 0.25) is 0 Å². The number of hydrogen-bond acceptors (Lipinski definition) is 4. The summed E-state index contributed by atoms with van der Waals surface area (Å²) in [7, 11) is 0. The minimum Gasteiger partial charge on any atom is -0.466 e. The second-order valence-corrected chi connectivity index (χ2v) is 7.89. The number of carbonyl (C=O) groups excluding carboxylic acids is 2. The SMILES string of the molecule is CCCCCCCCCCCOC(=O)CCCCCC(=O)OCCCCCC. The van der Waals surface area contributed by atoms with Crippen molar-refractivity contribution in [1.29, 1.82) is 0 Å². The van der Waals surface area contributed by atoms with Gasteiger partial charge in [-0.1, -0.05) is 90.9 Å². The molecule has 0 saturated carbocycles. The summed E-state index contributed by atoms with van der Waals surface area (Å²) in [5, 5.41) is 0. The summed E-state index contributed by atoms with van der Waals surface area (Å²) in [5.74, 6) is -0.206. The predicted molar refractivity (Wildman–Crippen MR) is 116 cm³/mol. The third-order valence-electron chi connectivity index (χ3n) is 5.03. The Labute approximate surface area is 174 Å². The first-order valence-corrected chi connectivity index (χ1v) is 12.0. The second kappa shape index (κ2) is 22.2. The molecular weight excluding hydrogens is 352 g/mol. The lowest BCUT2D eigenvalue weighted by atomic mass is 10.1. The highest BCUT2D eigenvalue weighted by atomic mass is 16.5. The summed E-state index contributed by atoms with van der Waals surface area (Å²) in [6.45, 7) is 5.51. The Morgan fingerprint density at radius 2 is 0.786 bits per heavy atom. The average Bonchev–Trinajstić information content (AvgIpc) is 2.69. The van der Waals surface area contributed by atoms with E-state index in [1.165, 1.54) is 57.8 Å². The first-order chi connectivity index (χ1) is 13.7. The van der Waals surface area contributed by atoms with Crippen LogP contribution in [0.4, 0.5) is 0 Å². The van der Waals surface area contributed by atoms with Gasteiger partial charge < -0.3 is 9.47 Å². The smallest absolute Gasteiger partial charge is 0.305 e. The summed E-state index contributed by atoms with van der Waals surface area (Å²) in [5.41, 5.74) is 0. The zero-order chi connectivity index (χ0) is 20.7. The first kappa shape index (κ1) is 26.9. The van der Waals surface area contributed by atoms with Gasteiger partial charge in [0.1, 0.15) is 0 Å². The third kappa shape index (κ3) is 21.2. The van der Waals surface area contributed by atoms with Gasteiger partial charge >= 0.3 is 11.9 Å². The van der Waals surface area contributed by atoms with E-state index in [0.29, 0.717) is 26.1 Å². The van der Waals surface area contributed by atoms with Crippen LogP contribution in [0.5, 0.6) is 0 Å². The Balaban J connectivity index is 3.27. The third-order valence-corrected chi connectivity index (χ3v) is 5.03. The van der Waals surface area contributed by atoms with Crippen molar-refractivity contribution in [2.45, 2.75) is 129 Å². The van der Waals surface area contributed by atoms with E-state index < -0.39 is 0 Å². The Bertz CT molecular complexity index is 355. The molecule has 0 aromatic heterocycles. The number of unbranched alkanes of at least 4 members (excludes halogenated alkanes) is 13. The van der Waals surface area contributed by atoms with E-state index in [1.807, 2.05) is 0 Å². The van der Waals surface area contributed by atoms with E-state index >= 15 is 0 Å². The lowest BCUT2D eigenvalue weighted by Gasteiger charge is -2.06. The van der Waals surface area contributed by atoms with Crippen LogP contribution in [-0.4, -0.2) is 25.2 Å². The second-order valence-electron chi connectivity index (χ2n) is 7.89. The van der Waals surface area contributed by atoms with Crippen LogP contribution >= 0.6 is 0 Å². The van der Waals surface area contributed by atoms with Gasteiger partial charge in [-0.3, -0.25) is 9.59 Å². The van der Waals surface area contributed by atoms with Gasteiger partial charge in [-0.05, 0) is 25.7 Å². The van der Waals surface area contributed by atoms with E-state index in [9.17, 15) is 9.59 Å². The maximum atomic E-state index is 11.7. The van der Waals surface area contributed by atoms with Crippen molar-refractivity contribution in [1.82, 2.24) is 0 Å². The zero-order valence-corrected chi connectivity index (χ0v) is 18.8. The van der Waals surface area contributed by atoms with Crippen molar-refractivity contribution in [2.24, 2.45) is 0 Å². The zero-order valence-electron chi connectivity index (χ0n) is 18.8. The van der Waals surface area contributed by atoms with Crippen LogP contribution in [0.25, 0.3) is 0 Å². The van der Waals surface area contributed by atoms with E-state index in [0.717, 1.165) is 44.9 Å². The molecule has 0 radical (unpaired) electrons. The van der Waals surface area contributed by atoms with E-state index in [-0.39, 0.29) is 11.9 Å². The molecule has 0 heterocycles. The highest BCUT2D eigenvalue weighted by Gasteiger charge is 2.05. The molecule has 0 unspecified atom stereocenters. The minimum atomic E-state index is -0.107. The van der Waals surface area contributed by atoms with Gasteiger partial charge in [0.25, 0.3) is 0 Å². The molecule has 0 aromatic carbocycles. The normalized spacial score (nSPS) is 10.8. The molecule has 0 aliphatic rings. The average molecular weight is 399 g/mol. The molecule has 0 amide bonds. The van der Waals surface area contributed by atoms with E-state index in [2.05, 4.69) is 13.8 Å². The molecule has 0 spiro atoms. The monoisotopic (exact) mass is 398 g/mol. The maximum Gasteiger partial charge on any atom is 0.305 e. The fraction of sp³-hybridized carbons (Fsp3) is 0.917. The molecule has 0 rings (SSSR count). The van der Waals surface area contributed by atoms with Crippen molar-refractivity contribution >= 4 is 11.9 Å². The van der Waals surface area contributed by atoms with Gasteiger partial charge in [0.15, 0.2) is 0 Å². The van der Waals surface area contributed by atoms with Gasteiger partial charge in [0, 0.05) is 12.8 Å². The summed E-state index contributed by atoms with van der Waals surface area (Å²) < 4.78 is 10.5. The molecule has 0 aliphatic carbocycles. The van der Waals surface area contributed by atoms with Gasteiger partial charge in [-0.25, -0.2) is 0 Å². The molecule has 4 heteroatoms. The van der Waals surface area contributed by atoms with Crippen LogP contribution in [0.1, 0.15) is 129 Å². The van der Waals surface area contributed by atoms with Gasteiger partial charge in [0.2, 0.25) is 0 Å². The summed E-state index contributed by atoms with van der Waals surface area (Å²) in [4.78, 5) is 23.3. The molecule has 0 N–H and O–H groups in total. The number of rotatable bonds is 21. The molecular formula is C24H46O4. The fourth-order valence-electron chi connectivity index (χ4n) is 3.17. The van der Waals surface area contributed by atoms with Crippen molar-refractivity contribution in [2.75, 3.05) is 13.2 Å². The molecule has 0 aliphatic heterocycles. The Morgan fingerprint density at radius 3 is 1.21 bits per heavy atom. The largest absolute Gasteiger partial charge is 0.466 e. The molecule has 4 nitrogen and oxygen atoms in total. The summed E-state index contributed by atoms with van der Waals surface area (Å²) in [6.07, 6.45) is 19.3. The Morgan fingerprint density at radius 1 is 0.464 bits per heavy atom.